The molecule has 0 bridgehead atoms. The van der Waals surface area contributed by atoms with Crippen molar-refractivity contribution in [3.8, 4) is 11.5 Å². The number of para-hydroxylation sites is 2. The van der Waals surface area contributed by atoms with Crippen LogP contribution in [0.15, 0.2) is 110 Å². The van der Waals surface area contributed by atoms with Crippen LogP contribution >= 0.6 is 0 Å². The van der Waals surface area contributed by atoms with Gasteiger partial charge in [-0.2, -0.15) is 27.1 Å². The summed E-state index contributed by atoms with van der Waals surface area (Å²) in [6.45, 7) is 13.6. The Morgan fingerprint density at radius 1 is 0.609 bits per heavy atom. The van der Waals surface area contributed by atoms with E-state index in [2.05, 4.69) is 134 Å². The van der Waals surface area contributed by atoms with Crippen molar-refractivity contribution in [1.29, 1.82) is 0 Å². The second kappa shape index (κ2) is 12.0. The predicted molar refractivity (Wildman–Crippen MR) is 183 cm³/mol. The standard InChI is InChI=1S/C39H36N6.Pt/c1-38(2,3)32-16-12-17-33(39(4,5)6)37(32)43(27-13-11-14-29(25-27)45-41-23-24-42-45)28-20-21-31-30-15-7-8-18-34(30)44(35(31)26-28)36-19-9-10-22-40-36;/h7-24H,1-6H3;/q-2;+2. The number of pyridine rings is 1. The van der Waals surface area contributed by atoms with Crippen LogP contribution in [0.4, 0.5) is 17.1 Å². The van der Waals surface area contributed by atoms with Crippen LogP contribution in [0.3, 0.4) is 0 Å². The van der Waals surface area contributed by atoms with Gasteiger partial charge in [0.2, 0.25) is 0 Å². The fraction of sp³-hybridized carbons (Fsp3) is 0.205. The monoisotopic (exact) mass is 783 g/mol. The number of rotatable bonds is 5. The summed E-state index contributed by atoms with van der Waals surface area (Å²) >= 11 is 0. The zero-order valence-corrected chi connectivity index (χ0v) is 29.2. The van der Waals surface area contributed by atoms with E-state index in [0.717, 1.165) is 50.4 Å². The van der Waals surface area contributed by atoms with Gasteiger partial charge in [0, 0.05) is 17.4 Å². The van der Waals surface area contributed by atoms with E-state index < -0.39 is 0 Å². The number of anilines is 3. The largest absolute Gasteiger partial charge is 2.00 e. The van der Waals surface area contributed by atoms with E-state index in [1.165, 1.54) is 11.1 Å². The molecular weight excluding hydrogens is 748 g/mol. The second-order valence-electron chi connectivity index (χ2n) is 13.4. The first-order valence-corrected chi connectivity index (χ1v) is 15.3. The number of hydrogen-bond donors (Lipinski definition) is 0. The minimum atomic E-state index is -0.136. The zero-order chi connectivity index (χ0) is 31.3. The summed E-state index contributed by atoms with van der Waals surface area (Å²) in [4.78, 5) is 8.67. The molecule has 3 aromatic heterocycles. The third-order valence-corrected chi connectivity index (χ3v) is 8.20. The van der Waals surface area contributed by atoms with Gasteiger partial charge in [-0.3, -0.25) is 0 Å². The molecule has 0 radical (unpaired) electrons. The summed E-state index contributed by atoms with van der Waals surface area (Å²) in [6.07, 6.45) is 5.21. The first kappa shape index (κ1) is 31.4. The maximum atomic E-state index is 4.75. The smallest absolute Gasteiger partial charge is 0.358 e. The number of fused-ring (bicyclic) bond motifs is 3. The summed E-state index contributed by atoms with van der Waals surface area (Å²) in [5.41, 5.74) is 7.95. The molecule has 0 aliphatic rings. The van der Waals surface area contributed by atoms with Gasteiger partial charge in [-0.25, -0.2) is 4.98 Å². The molecule has 0 spiro atoms. The molecule has 7 heteroatoms. The van der Waals surface area contributed by atoms with Crippen molar-refractivity contribution in [2.75, 3.05) is 4.90 Å². The molecule has 0 aliphatic carbocycles. The van der Waals surface area contributed by atoms with Crippen LogP contribution in [0.5, 0.6) is 0 Å². The minimum Gasteiger partial charge on any atom is -0.358 e. The Hall–Kier alpha value is -4.54. The molecule has 0 unspecified atom stereocenters. The molecule has 0 aliphatic heterocycles. The van der Waals surface area contributed by atoms with Crippen molar-refractivity contribution in [3.63, 3.8) is 0 Å². The molecule has 46 heavy (non-hydrogen) atoms. The van der Waals surface area contributed by atoms with E-state index in [4.69, 9.17) is 4.98 Å². The SMILES string of the molecule is CC(C)(C)c1cccc(C(C)(C)C)c1N(c1[c-]c(-n2nccn2)ccc1)c1[c-]c2c(cc1)c1ccccc1n2-c1ccccn1.[Pt+2]. The number of hydrogen-bond acceptors (Lipinski definition) is 4. The third kappa shape index (κ3) is 5.56. The normalized spacial score (nSPS) is 12.0. The van der Waals surface area contributed by atoms with Gasteiger partial charge in [0.25, 0.3) is 0 Å². The van der Waals surface area contributed by atoms with Gasteiger partial charge in [-0.1, -0.05) is 101 Å². The van der Waals surface area contributed by atoms with Crippen LogP contribution in [0.25, 0.3) is 33.3 Å². The molecule has 4 aromatic carbocycles. The van der Waals surface area contributed by atoms with Gasteiger partial charge in [-0.15, -0.1) is 35.7 Å². The Bertz CT molecular complexity index is 2100. The van der Waals surface area contributed by atoms with Gasteiger partial charge in [-0.05, 0) is 51.2 Å². The van der Waals surface area contributed by atoms with E-state index in [1.807, 2.05) is 36.5 Å². The average molecular weight is 784 g/mol. The Morgan fingerprint density at radius 3 is 1.93 bits per heavy atom. The van der Waals surface area contributed by atoms with Crippen molar-refractivity contribution < 1.29 is 21.1 Å². The molecule has 0 amide bonds. The Morgan fingerprint density at radius 2 is 1.26 bits per heavy atom. The van der Waals surface area contributed by atoms with Crippen LogP contribution in [-0.4, -0.2) is 24.5 Å². The van der Waals surface area contributed by atoms with Crippen molar-refractivity contribution in [2.24, 2.45) is 0 Å². The fourth-order valence-electron chi connectivity index (χ4n) is 6.13. The summed E-state index contributed by atoms with van der Waals surface area (Å²) in [6, 6.07) is 39.2. The number of nitrogens with zero attached hydrogens (tertiary/aromatic N) is 6. The Balaban J connectivity index is 0.00000372. The first-order valence-electron chi connectivity index (χ1n) is 15.3. The van der Waals surface area contributed by atoms with Gasteiger partial charge in [0.05, 0.1) is 12.4 Å². The molecular formula is C39H36N6Pt. The molecule has 3 heterocycles. The summed E-state index contributed by atoms with van der Waals surface area (Å²) in [5, 5.41) is 11.1. The van der Waals surface area contributed by atoms with E-state index in [-0.39, 0.29) is 31.9 Å². The Labute approximate surface area is 285 Å². The molecule has 6 nitrogen and oxygen atoms in total. The van der Waals surface area contributed by atoms with Crippen LogP contribution in [0.1, 0.15) is 52.7 Å². The van der Waals surface area contributed by atoms with E-state index in [9.17, 15) is 0 Å². The van der Waals surface area contributed by atoms with Crippen molar-refractivity contribution in [3.05, 3.63) is 133 Å². The van der Waals surface area contributed by atoms with Crippen LogP contribution in [0, 0.1) is 12.1 Å². The molecule has 232 valence electrons. The number of benzene rings is 4. The first-order chi connectivity index (χ1) is 21.6. The molecule has 7 aromatic rings. The van der Waals surface area contributed by atoms with E-state index in [0.29, 0.717) is 0 Å². The topological polar surface area (TPSA) is 51.8 Å². The summed E-state index contributed by atoms with van der Waals surface area (Å²) < 4.78 is 2.21. The summed E-state index contributed by atoms with van der Waals surface area (Å²) in [7, 11) is 0. The fourth-order valence-corrected chi connectivity index (χ4v) is 6.13. The molecule has 0 N–H and O–H groups in total. The van der Waals surface area contributed by atoms with Crippen molar-refractivity contribution in [2.45, 2.75) is 52.4 Å². The van der Waals surface area contributed by atoms with Crippen LogP contribution < -0.4 is 4.90 Å². The summed E-state index contributed by atoms with van der Waals surface area (Å²) in [5.74, 6) is 0.854. The van der Waals surface area contributed by atoms with Crippen LogP contribution in [0.2, 0.25) is 0 Å². The second-order valence-corrected chi connectivity index (χ2v) is 13.4. The molecule has 7 rings (SSSR count). The van der Waals surface area contributed by atoms with Gasteiger partial charge >= 0.3 is 21.1 Å². The molecule has 0 saturated carbocycles. The number of aromatic nitrogens is 5. The van der Waals surface area contributed by atoms with Crippen molar-refractivity contribution in [1.82, 2.24) is 24.5 Å². The van der Waals surface area contributed by atoms with Crippen molar-refractivity contribution >= 4 is 38.9 Å². The molecule has 0 atom stereocenters. The third-order valence-electron chi connectivity index (χ3n) is 8.20. The van der Waals surface area contributed by atoms with Gasteiger partial charge in [0.1, 0.15) is 5.82 Å². The predicted octanol–water partition coefficient (Wildman–Crippen LogP) is 9.42. The van der Waals surface area contributed by atoms with E-state index >= 15 is 0 Å². The average Bonchev–Trinajstić information content (AvgIpc) is 3.68. The van der Waals surface area contributed by atoms with Gasteiger partial charge < -0.3 is 9.47 Å². The minimum absolute atomic E-state index is 0. The Kier molecular flexibility index (Phi) is 8.20. The van der Waals surface area contributed by atoms with E-state index in [1.54, 1.807) is 17.2 Å². The van der Waals surface area contributed by atoms with Crippen LogP contribution in [-0.2, 0) is 31.9 Å². The quantitative estimate of drug-likeness (QED) is 0.163. The van der Waals surface area contributed by atoms with Gasteiger partial charge in [0.15, 0.2) is 0 Å². The molecule has 0 saturated heterocycles. The maximum Gasteiger partial charge on any atom is 2.00 e. The maximum absolute atomic E-state index is 4.75. The zero-order valence-electron chi connectivity index (χ0n) is 26.9. The molecule has 0 fully saturated rings.